The summed E-state index contributed by atoms with van der Waals surface area (Å²) in [4.78, 5) is 29.2. The fourth-order valence-corrected chi connectivity index (χ4v) is 4.50. The fraction of sp³-hybridized carbons (Fsp3) is 0.619. The number of nitrogens with one attached hydrogen (secondary N) is 1. The highest BCUT2D eigenvalue weighted by molar-refractivity contribution is 5.97. The van der Waals surface area contributed by atoms with E-state index >= 15 is 0 Å². The van der Waals surface area contributed by atoms with E-state index in [1.165, 1.54) is 25.7 Å². The van der Waals surface area contributed by atoms with Crippen LogP contribution in [0.4, 0.5) is 10.5 Å². The monoisotopic (exact) mass is 357 g/mol. The van der Waals surface area contributed by atoms with E-state index in [-0.39, 0.29) is 11.9 Å². The van der Waals surface area contributed by atoms with Crippen molar-refractivity contribution < 1.29 is 9.59 Å². The minimum atomic E-state index is -0.0214. The number of nitrogens with zero attached hydrogens (tertiary/aromatic N) is 2. The summed E-state index contributed by atoms with van der Waals surface area (Å²) >= 11 is 0. The predicted octanol–water partition coefficient (Wildman–Crippen LogP) is 4.36. The third-order valence-corrected chi connectivity index (χ3v) is 5.92. The molecule has 5 heteroatoms. The number of carbonyl (C=O) groups is 2. The summed E-state index contributed by atoms with van der Waals surface area (Å²) in [6, 6.07) is 7.67. The van der Waals surface area contributed by atoms with E-state index in [1.807, 2.05) is 36.9 Å². The van der Waals surface area contributed by atoms with Gasteiger partial charge in [-0.15, -0.1) is 0 Å². The normalized spacial score (nSPS) is 20.4. The summed E-state index contributed by atoms with van der Waals surface area (Å²) in [5.41, 5.74) is 1.32. The van der Waals surface area contributed by atoms with Crippen molar-refractivity contribution in [3.05, 3.63) is 29.8 Å². The molecule has 1 aromatic rings. The summed E-state index contributed by atoms with van der Waals surface area (Å²) in [7, 11) is 0. The standard InChI is InChI=1S/C21H31N3O2/c1-3-23(4-2)20(25)17-11-7-12-18(15-17)22-21(26)24-14-8-13-19(24)16-9-5-6-10-16/h7,11-12,15-16,19H,3-6,8-10,13-14H2,1-2H3,(H,22,26). The third kappa shape index (κ3) is 4.02. The number of carbonyl (C=O) groups excluding carboxylic acids is 2. The molecule has 142 valence electrons. The molecule has 5 nitrogen and oxygen atoms in total. The summed E-state index contributed by atoms with van der Waals surface area (Å²) in [5, 5.41) is 3.02. The minimum absolute atomic E-state index is 0.0103. The van der Waals surface area contributed by atoms with Crippen molar-refractivity contribution in [2.24, 2.45) is 5.92 Å². The van der Waals surface area contributed by atoms with Crippen LogP contribution in [0.5, 0.6) is 0 Å². The number of anilines is 1. The fourth-order valence-electron chi connectivity index (χ4n) is 4.50. The van der Waals surface area contributed by atoms with Crippen LogP contribution in [-0.4, -0.2) is 47.4 Å². The van der Waals surface area contributed by atoms with Gasteiger partial charge in [0.05, 0.1) is 0 Å². The Morgan fingerprint density at radius 3 is 2.54 bits per heavy atom. The average molecular weight is 357 g/mol. The molecule has 0 spiro atoms. The summed E-state index contributed by atoms with van der Waals surface area (Å²) in [5.74, 6) is 0.676. The number of hydrogen-bond donors (Lipinski definition) is 1. The van der Waals surface area contributed by atoms with Gasteiger partial charge in [-0.1, -0.05) is 18.9 Å². The predicted molar refractivity (Wildman–Crippen MR) is 104 cm³/mol. The molecule has 2 aliphatic rings. The van der Waals surface area contributed by atoms with E-state index in [9.17, 15) is 9.59 Å². The Morgan fingerprint density at radius 2 is 1.85 bits per heavy atom. The van der Waals surface area contributed by atoms with Crippen molar-refractivity contribution in [3.63, 3.8) is 0 Å². The average Bonchev–Trinajstić information content (AvgIpc) is 3.34. The molecule has 0 bridgehead atoms. The largest absolute Gasteiger partial charge is 0.339 e. The second-order valence-corrected chi connectivity index (χ2v) is 7.44. The molecule has 3 rings (SSSR count). The molecule has 1 atom stereocenters. The molecule has 1 aromatic carbocycles. The first-order chi connectivity index (χ1) is 12.6. The van der Waals surface area contributed by atoms with E-state index < -0.39 is 0 Å². The van der Waals surface area contributed by atoms with Crippen molar-refractivity contribution in [1.29, 1.82) is 0 Å². The van der Waals surface area contributed by atoms with Gasteiger partial charge in [-0.3, -0.25) is 4.79 Å². The number of likely N-dealkylation sites (tertiary alicyclic amines) is 1. The Bertz CT molecular complexity index is 636. The van der Waals surface area contributed by atoms with Gasteiger partial charge in [0.2, 0.25) is 0 Å². The van der Waals surface area contributed by atoms with E-state index in [1.54, 1.807) is 11.0 Å². The van der Waals surface area contributed by atoms with Crippen molar-refractivity contribution >= 4 is 17.6 Å². The summed E-state index contributed by atoms with van der Waals surface area (Å²) in [6.07, 6.45) is 7.32. The molecule has 3 amide bonds. The van der Waals surface area contributed by atoms with Gasteiger partial charge < -0.3 is 15.1 Å². The SMILES string of the molecule is CCN(CC)C(=O)c1cccc(NC(=O)N2CCCC2C2CCCC2)c1. The lowest BCUT2D eigenvalue weighted by Crippen LogP contribution is -2.42. The quantitative estimate of drug-likeness (QED) is 0.851. The van der Waals surface area contributed by atoms with Crippen molar-refractivity contribution in [2.75, 3.05) is 25.0 Å². The number of urea groups is 1. The number of benzene rings is 1. The molecular weight excluding hydrogens is 326 g/mol. The molecule has 1 N–H and O–H groups in total. The van der Waals surface area contributed by atoms with Gasteiger partial charge in [0.25, 0.3) is 5.91 Å². The summed E-state index contributed by atoms with van der Waals surface area (Å²) < 4.78 is 0. The molecule has 2 fully saturated rings. The Balaban J connectivity index is 1.67. The van der Waals surface area contributed by atoms with Gasteiger partial charge in [-0.25, -0.2) is 4.79 Å². The Labute approximate surface area is 156 Å². The number of rotatable bonds is 5. The molecule has 0 aromatic heterocycles. The van der Waals surface area contributed by atoms with Crippen molar-refractivity contribution in [3.8, 4) is 0 Å². The first-order valence-electron chi connectivity index (χ1n) is 10.1. The Hall–Kier alpha value is -2.04. The lowest BCUT2D eigenvalue weighted by Gasteiger charge is -2.29. The van der Waals surface area contributed by atoms with Crippen LogP contribution in [0.25, 0.3) is 0 Å². The van der Waals surface area contributed by atoms with Crippen molar-refractivity contribution in [2.45, 2.75) is 58.4 Å². The molecular formula is C21H31N3O2. The zero-order valence-electron chi connectivity index (χ0n) is 16.0. The van der Waals surface area contributed by atoms with Crippen LogP contribution >= 0.6 is 0 Å². The topological polar surface area (TPSA) is 52.7 Å². The maximum Gasteiger partial charge on any atom is 0.322 e. The lowest BCUT2D eigenvalue weighted by molar-refractivity contribution is 0.0773. The van der Waals surface area contributed by atoms with E-state index in [0.29, 0.717) is 36.3 Å². The molecule has 1 heterocycles. The van der Waals surface area contributed by atoms with Crippen LogP contribution in [0.3, 0.4) is 0 Å². The molecule has 1 saturated carbocycles. The van der Waals surface area contributed by atoms with Gasteiger partial charge in [-0.2, -0.15) is 0 Å². The Morgan fingerprint density at radius 1 is 1.12 bits per heavy atom. The van der Waals surface area contributed by atoms with E-state index in [0.717, 1.165) is 19.4 Å². The molecule has 1 unspecified atom stereocenters. The zero-order chi connectivity index (χ0) is 18.5. The van der Waals surface area contributed by atoms with Crippen LogP contribution < -0.4 is 5.32 Å². The van der Waals surface area contributed by atoms with Crippen LogP contribution in [0.15, 0.2) is 24.3 Å². The Kier molecular flexibility index (Phi) is 6.17. The van der Waals surface area contributed by atoms with Crippen LogP contribution in [-0.2, 0) is 0 Å². The smallest absolute Gasteiger partial charge is 0.322 e. The highest BCUT2D eigenvalue weighted by Crippen LogP contribution is 2.35. The molecule has 26 heavy (non-hydrogen) atoms. The van der Waals surface area contributed by atoms with Gasteiger partial charge in [-0.05, 0) is 63.6 Å². The van der Waals surface area contributed by atoms with Crippen LogP contribution in [0, 0.1) is 5.92 Å². The highest BCUT2D eigenvalue weighted by Gasteiger charge is 2.35. The lowest BCUT2D eigenvalue weighted by atomic mass is 9.96. The first kappa shape index (κ1) is 18.7. The summed E-state index contributed by atoms with van der Waals surface area (Å²) in [6.45, 7) is 6.16. The zero-order valence-corrected chi connectivity index (χ0v) is 16.0. The molecule has 0 radical (unpaired) electrons. The van der Waals surface area contributed by atoms with Crippen molar-refractivity contribution in [1.82, 2.24) is 9.80 Å². The van der Waals surface area contributed by atoms with E-state index in [4.69, 9.17) is 0 Å². The van der Waals surface area contributed by atoms with Gasteiger partial charge in [0.1, 0.15) is 0 Å². The number of hydrogen-bond acceptors (Lipinski definition) is 2. The molecule has 1 aliphatic heterocycles. The molecule has 1 aliphatic carbocycles. The third-order valence-electron chi connectivity index (χ3n) is 5.92. The maximum absolute atomic E-state index is 12.8. The van der Waals surface area contributed by atoms with Crippen LogP contribution in [0.2, 0.25) is 0 Å². The highest BCUT2D eigenvalue weighted by atomic mass is 16.2. The van der Waals surface area contributed by atoms with Gasteiger partial charge in [0.15, 0.2) is 0 Å². The number of amides is 3. The first-order valence-corrected chi connectivity index (χ1v) is 10.1. The van der Waals surface area contributed by atoms with Crippen LogP contribution in [0.1, 0.15) is 62.7 Å². The minimum Gasteiger partial charge on any atom is -0.339 e. The van der Waals surface area contributed by atoms with E-state index in [2.05, 4.69) is 5.32 Å². The maximum atomic E-state index is 12.8. The second kappa shape index (κ2) is 8.56. The molecule has 1 saturated heterocycles. The second-order valence-electron chi connectivity index (χ2n) is 7.44. The van der Waals surface area contributed by atoms with Gasteiger partial charge >= 0.3 is 6.03 Å². The van der Waals surface area contributed by atoms with Gasteiger partial charge in [0, 0.05) is 36.9 Å².